The van der Waals surface area contributed by atoms with Crippen LogP contribution in [0.1, 0.15) is 11.1 Å². The van der Waals surface area contributed by atoms with Gasteiger partial charge in [0, 0.05) is 11.0 Å². The van der Waals surface area contributed by atoms with Crippen LogP contribution in [0.25, 0.3) is 0 Å². The zero-order chi connectivity index (χ0) is 14.7. The Hall–Kier alpha value is -1.59. The van der Waals surface area contributed by atoms with Crippen molar-refractivity contribution in [2.45, 2.75) is 13.0 Å². The fraction of sp³-hybridized carbons (Fsp3) is 0.250. The molecule has 2 aromatic carbocycles. The van der Waals surface area contributed by atoms with E-state index in [9.17, 15) is 4.39 Å². The van der Waals surface area contributed by atoms with Crippen molar-refractivity contribution < 1.29 is 13.9 Å². The molecule has 0 radical (unpaired) electrons. The molecule has 0 fully saturated rings. The summed E-state index contributed by atoms with van der Waals surface area (Å²) < 4.78 is 24.8. The fourth-order valence-corrected chi connectivity index (χ4v) is 2.71. The molecule has 0 aliphatic carbocycles. The van der Waals surface area contributed by atoms with E-state index in [-0.39, 0.29) is 12.6 Å². The smallest absolute Gasteiger partial charge is 0.231 e. The Morgan fingerprint density at radius 3 is 2.76 bits per heavy atom. The first-order valence-electron chi connectivity index (χ1n) is 6.75. The van der Waals surface area contributed by atoms with Crippen LogP contribution >= 0.6 is 15.9 Å². The van der Waals surface area contributed by atoms with Gasteiger partial charge >= 0.3 is 0 Å². The van der Waals surface area contributed by atoms with Crippen molar-refractivity contribution in [1.29, 1.82) is 0 Å². The molecule has 1 aliphatic heterocycles. The molecule has 1 N–H and O–H groups in total. The van der Waals surface area contributed by atoms with Crippen LogP contribution in [0.3, 0.4) is 0 Å². The summed E-state index contributed by atoms with van der Waals surface area (Å²) in [5.41, 5.74) is 2.10. The molecular formula is C16H15BrFNO2. The van der Waals surface area contributed by atoms with Gasteiger partial charge < -0.3 is 14.8 Å². The molecule has 0 atom stereocenters. The van der Waals surface area contributed by atoms with Gasteiger partial charge in [0.1, 0.15) is 5.82 Å². The van der Waals surface area contributed by atoms with E-state index >= 15 is 0 Å². The molecule has 5 heteroatoms. The van der Waals surface area contributed by atoms with Gasteiger partial charge in [-0.3, -0.25) is 0 Å². The summed E-state index contributed by atoms with van der Waals surface area (Å²) in [5, 5.41) is 3.35. The van der Waals surface area contributed by atoms with Crippen molar-refractivity contribution in [3.05, 3.63) is 57.8 Å². The van der Waals surface area contributed by atoms with Crippen LogP contribution < -0.4 is 14.8 Å². The Morgan fingerprint density at radius 1 is 1.14 bits per heavy atom. The Kier molecular flexibility index (Phi) is 4.41. The molecule has 0 saturated carbocycles. The van der Waals surface area contributed by atoms with Crippen LogP contribution in [0.4, 0.5) is 4.39 Å². The van der Waals surface area contributed by atoms with Crippen LogP contribution in [-0.4, -0.2) is 13.3 Å². The zero-order valence-electron chi connectivity index (χ0n) is 11.4. The number of hydrogen-bond acceptors (Lipinski definition) is 3. The van der Waals surface area contributed by atoms with Gasteiger partial charge in [-0.1, -0.05) is 28.1 Å². The number of benzene rings is 2. The summed E-state index contributed by atoms with van der Waals surface area (Å²) in [7, 11) is 0. The summed E-state index contributed by atoms with van der Waals surface area (Å²) in [6.45, 7) is 1.77. The van der Waals surface area contributed by atoms with E-state index in [1.165, 1.54) is 6.07 Å². The first kappa shape index (κ1) is 14.4. The molecule has 3 nitrogen and oxygen atoms in total. The Balaban J connectivity index is 1.54. The lowest BCUT2D eigenvalue weighted by molar-refractivity contribution is 0.174. The average Bonchev–Trinajstić information content (AvgIpc) is 2.90. The molecule has 0 spiro atoms. The Morgan fingerprint density at radius 2 is 1.95 bits per heavy atom. The number of fused-ring (bicyclic) bond motifs is 1. The summed E-state index contributed by atoms with van der Waals surface area (Å²) in [5.74, 6) is 1.36. The fourth-order valence-electron chi connectivity index (χ4n) is 2.24. The maximum absolute atomic E-state index is 13.1. The predicted molar refractivity (Wildman–Crippen MR) is 82.1 cm³/mol. The van der Waals surface area contributed by atoms with E-state index in [1.807, 2.05) is 18.2 Å². The number of hydrogen-bond donors (Lipinski definition) is 1. The topological polar surface area (TPSA) is 30.5 Å². The molecule has 0 unspecified atom stereocenters. The number of ether oxygens (including phenoxy) is 2. The molecular weight excluding hydrogens is 337 g/mol. The van der Waals surface area contributed by atoms with E-state index < -0.39 is 0 Å². The minimum absolute atomic E-state index is 0.189. The van der Waals surface area contributed by atoms with Gasteiger partial charge in [-0.05, 0) is 48.4 Å². The minimum Gasteiger partial charge on any atom is -0.454 e. The molecule has 2 aromatic rings. The van der Waals surface area contributed by atoms with Crippen molar-refractivity contribution in [2.24, 2.45) is 0 Å². The van der Waals surface area contributed by atoms with Crippen LogP contribution in [-0.2, 0) is 13.0 Å². The Labute approximate surface area is 131 Å². The van der Waals surface area contributed by atoms with E-state index in [1.54, 1.807) is 12.1 Å². The van der Waals surface area contributed by atoms with Crippen LogP contribution in [0.5, 0.6) is 11.5 Å². The lowest BCUT2D eigenvalue weighted by Gasteiger charge is -2.08. The van der Waals surface area contributed by atoms with E-state index in [4.69, 9.17) is 9.47 Å². The second-order valence-electron chi connectivity index (χ2n) is 4.85. The maximum Gasteiger partial charge on any atom is 0.231 e. The summed E-state index contributed by atoms with van der Waals surface area (Å²) in [6, 6.07) is 10.6. The lowest BCUT2D eigenvalue weighted by atomic mass is 10.1. The molecule has 0 amide bonds. The first-order valence-corrected chi connectivity index (χ1v) is 7.55. The van der Waals surface area contributed by atoms with E-state index in [0.717, 1.165) is 40.1 Å². The summed E-state index contributed by atoms with van der Waals surface area (Å²) in [4.78, 5) is 0. The highest BCUT2D eigenvalue weighted by atomic mass is 79.9. The molecule has 110 valence electrons. The quantitative estimate of drug-likeness (QED) is 0.834. The SMILES string of the molecule is Fc1cccc(CCNCc2cc3c(cc2Br)OCO3)c1. The lowest BCUT2D eigenvalue weighted by Crippen LogP contribution is -2.17. The molecule has 1 aliphatic rings. The van der Waals surface area contributed by atoms with Crippen LogP contribution in [0, 0.1) is 5.82 Å². The van der Waals surface area contributed by atoms with E-state index in [0.29, 0.717) is 6.54 Å². The van der Waals surface area contributed by atoms with Gasteiger partial charge in [0.2, 0.25) is 6.79 Å². The van der Waals surface area contributed by atoms with Gasteiger partial charge in [0.05, 0.1) is 0 Å². The van der Waals surface area contributed by atoms with Gasteiger partial charge in [-0.25, -0.2) is 4.39 Å². The third-order valence-corrected chi connectivity index (χ3v) is 4.07. The highest BCUT2D eigenvalue weighted by Crippen LogP contribution is 2.36. The third-order valence-electron chi connectivity index (χ3n) is 3.34. The van der Waals surface area contributed by atoms with Crippen LogP contribution in [0.15, 0.2) is 40.9 Å². The summed E-state index contributed by atoms with van der Waals surface area (Å²) in [6.07, 6.45) is 0.792. The van der Waals surface area contributed by atoms with Crippen LogP contribution in [0.2, 0.25) is 0 Å². The minimum atomic E-state index is -0.189. The maximum atomic E-state index is 13.1. The van der Waals surface area contributed by atoms with Crippen molar-refractivity contribution >= 4 is 15.9 Å². The molecule has 3 rings (SSSR count). The number of nitrogens with one attached hydrogen (secondary N) is 1. The van der Waals surface area contributed by atoms with Crippen molar-refractivity contribution in [1.82, 2.24) is 5.32 Å². The number of rotatable bonds is 5. The molecule has 0 aromatic heterocycles. The normalized spacial score (nSPS) is 12.7. The standard InChI is InChI=1S/C16H15BrFNO2/c17-14-8-16-15(20-10-21-16)7-12(14)9-19-5-4-11-2-1-3-13(18)6-11/h1-3,6-8,19H,4-5,9-10H2. The van der Waals surface area contributed by atoms with Gasteiger partial charge in [0.25, 0.3) is 0 Å². The first-order chi connectivity index (χ1) is 10.2. The van der Waals surface area contributed by atoms with Gasteiger partial charge in [-0.2, -0.15) is 0 Å². The van der Waals surface area contributed by atoms with Crippen molar-refractivity contribution in [3.63, 3.8) is 0 Å². The highest BCUT2D eigenvalue weighted by molar-refractivity contribution is 9.10. The van der Waals surface area contributed by atoms with E-state index in [2.05, 4.69) is 21.2 Å². The molecule has 0 bridgehead atoms. The molecule has 1 heterocycles. The number of halogens is 2. The third kappa shape index (κ3) is 3.54. The average molecular weight is 352 g/mol. The molecule has 0 saturated heterocycles. The summed E-state index contributed by atoms with van der Waals surface area (Å²) >= 11 is 3.53. The van der Waals surface area contributed by atoms with Crippen molar-refractivity contribution in [3.8, 4) is 11.5 Å². The van der Waals surface area contributed by atoms with Gasteiger partial charge in [0.15, 0.2) is 11.5 Å². The molecule has 21 heavy (non-hydrogen) atoms. The Bertz CT molecular complexity index is 648. The predicted octanol–water partition coefficient (Wildman–Crippen LogP) is 3.65. The van der Waals surface area contributed by atoms with Gasteiger partial charge in [-0.15, -0.1) is 0 Å². The second-order valence-corrected chi connectivity index (χ2v) is 5.71. The monoisotopic (exact) mass is 351 g/mol. The second kappa shape index (κ2) is 6.45. The van der Waals surface area contributed by atoms with Crippen molar-refractivity contribution in [2.75, 3.05) is 13.3 Å². The zero-order valence-corrected chi connectivity index (χ0v) is 13.0. The highest BCUT2D eigenvalue weighted by Gasteiger charge is 2.15. The largest absolute Gasteiger partial charge is 0.454 e.